The first-order valence-corrected chi connectivity index (χ1v) is 7.53. The van der Waals surface area contributed by atoms with Gasteiger partial charge in [0, 0.05) is 19.6 Å². The van der Waals surface area contributed by atoms with Crippen LogP contribution in [0.2, 0.25) is 0 Å². The van der Waals surface area contributed by atoms with Gasteiger partial charge in [-0.25, -0.2) is 5.84 Å². The third kappa shape index (κ3) is 3.01. The highest BCUT2D eigenvalue weighted by atomic mass is 16.5. The summed E-state index contributed by atoms with van der Waals surface area (Å²) in [4.78, 5) is 17.8. The summed E-state index contributed by atoms with van der Waals surface area (Å²) in [5.41, 5.74) is 2.55. The third-order valence-electron chi connectivity index (χ3n) is 3.99. The van der Waals surface area contributed by atoms with E-state index in [9.17, 15) is 0 Å². The van der Waals surface area contributed by atoms with Gasteiger partial charge in [0.05, 0.1) is 18.8 Å². The van der Waals surface area contributed by atoms with E-state index < -0.39 is 0 Å². The molecule has 1 aromatic rings. The monoisotopic (exact) mass is 293 g/mol. The molecular weight excluding hydrogens is 270 g/mol. The van der Waals surface area contributed by atoms with Crippen LogP contribution < -0.4 is 21.1 Å². The molecule has 1 aromatic heterocycles. The van der Waals surface area contributed by atoms with Gasteiger partial charge in [-0.15, -0.1) is 0 Å². The Morgan fingerprint density at radius 2 is 1.86 bits per heavy atom. The van der Waals surface area contributed by atoms with Crippen molar-refractivity contribution in [2.24, 2.45) is 5.84 Å². The molecule has 2 aliphatic heterocycles. The van der Waals surface area contributed by atoms with Crippen LogP contribution in [0.1, 0.15) is 26.7 Å². The van der Waals surface area contributed by atoms with E-state index in [0.717, 1.165) is 19.6 Å². The number of ether oxygens (including phenoxy) is 1. The number of nitrogens with two attached hydrogens (primary N) is 1. The third-order valence-corrected chi connectivity index (χ3v) is 3.99. The quantitative estimate of drug-likeness (QED) is 0.610. The van der Waals surface area contributed by atoms with Gasteiger partial charge < -0.3 is 14.5 Å². The van der Waals surface area contributed by atoms with E-state index >= 15 is 0 Å². The van der Waals surface area contributed by atoms with E-state index in [1.165, 1.54) is 12.8 Å². The lowest BCUT2D eigenvalue weighted by Gasteiger charge is -2.37. The standard InChI is InChI=1S/C13H23N7O/c1-9-8-21-10(2)7-20(9)13-16-11(18-14)15-12(17-13)19-5-3-4-6-19/h9-10H,3-8,14H2,1-2H3,(H,15,16,17,18). The number of morpholine rings is 1. The second kappa shape index (κ2) is 5.98. The Hall–Kier alpha value is -1.67. The van der Waals surface area contributed by atoms with Crippen molar-refractivity contribution < 1.29 is 4.74 Å². The maximum Gasteiger partial charge on any atom is 0.243 e. The Morgan fingerprint density at radius 3 is 2.57 bits per heavy atom. The number of nitrogens with one attached hydrogen (secondary N) is 1. The van der Waals surface area contributed by atoms with E-state index in [-0.39, 0.29) is 12.1 Å². The molecular formula is C13H23N7O. The van der Waals surface area contributed by atoms with Crippen LogP contribution in [0, 0.1) is 0 Å². The van der Waals surface area contributed by atoms with E-state index in [2.05, 4.69) is 44.0 Å². The van der Waals surface area contributed by atoms with Gasteiger partial charge in [-0.3, -0.25) is 5.43 Å². The number of hydrazine groups is 1. The zero-order valence-corrected chi connectivity index (χ0v) is 12.6. The van der Waals surface area contributed by atoms with Crippen molar-refractivity contribution in [3.8, 4) is 0 Å². The lowest BCUT2D eigenvalue weighted by atomic mass is 10.2. The second-order valence-electron chi connectivity index (χ2n) is 5.74. The van der Waals surface area contributed by atoms with Crippen molar-refractivity contribution in [2.45, 2.75) is 38.8 Å². The Bertz CT molecular complexity index is 491. The van der Waals surface area contributed by atoms with Crippen molar-refractivity contribution in [3.63, 3.8) is 0 Å². The summed E-state index contributed by atoms with van der Waals surface area (Å²) in [6, 6.07) is 0.237. The zero-order valence-electron chi connectivity index (χ0n) is 12.6. The van der Waals surface area contributed by atoms with E-state index in [1.54, 1.807) is 0 Å². The molecule has 0 saturated carbocycles. The van der Waals surface area contributed by atoms with Crippen molar-refractivity contribution in [2.75, 3.05) is 41.5 Å². The molecule has 2 aliphatic rings. The number of nitrogen functional groups attached to an aromatic ring is 1. The lowest BCUT2D eigenvalue weighted by Crippen LogP contribution is -2.48. The predicted octanol–water partition coefficient (Wildman–Crippen LogP) is 0.371. The van der Waals surface area contributed by atoms with Crippen LogP contribution in [-0.4, -0.2) is 53.3 Å². The van der Waals surface area contributed by atoms with Gasteiger partial charge >= 0.3 is 0 Å². The molecule has 0 amide bonds. The van der Waals surface area contributed by atoms with Crippen molar-refractivity contribution in [1.29, 1.82) is 0 Å². The SMILES string of the molecule is CC1CN(c2nc(NN)nc(N3CCCC3)n2)C(C)CO1. The van der Waals surface area contributed by atoms with Crippen LogP contribution in [0.3, 0.4) is 0 Å². The number of nitrogens with zero attached hydrogens (tertiary/aromatic N) is 5. The summed E-state index contributed by atoms with van der Waals surface area (Å²) >= 11 is 0. The van der Waals surface area contributed by atoms with Gasteiger partial charge in [0.15, 0.2) is 0 Å². The first-order valence-electron chi connectivity index (χ1n) is 7.53. The second-order valence-corrected chi connectivity index (χ2v) is 5.74. The van der Waals surface area contributed by atoms with Crippen LogP contribution in [-0.2, 0) is 4.74 Å². The maximum absolute atomic E-state index is 5.66. The summed E-state index contributed by atoms with van der Waals surface area (Å²) in [7, 11) is 0. The minimum absolute atomic E-state index is 0.169. The highest BCUT2D eigenvalue weighted by molar-refractivity contribution is 5.46. The Morgan fingerprint density at radius 1 is 1.14 bits per heavy atom. The fraction of sp³-hybridized carbons (Fsp3) is 0.769. The molecule has 8 heteroatoms. The predicted molar refractivity (Wildman–Crippen MR) is 81.3 cm³/mol. The first kappa shape index (κ1) is 14.3. The van der Waals surface area contributed by atoms with Crippen LogP contribution in [0.4, 0.5) is 17.8 Å². The molecule has 8 nitrogen and oxygen atoms in total. The highest BCUT2D eigenvalue weighted by Crippen LogP contribution is 2.23. The molecule has 0 aromatic carbocycles. The fourth-order valence-electron chi connectivity index (χ4n) is 2.79. The number of hydrogen-bond donors (Lipinski definition) is 2. The summed E-state index contributed by atoms with van der Waals surface area (Å²) in [6.07, 6.45) is 2.52. The minimum atomic E-state index is 0.169. The van der Waals surface area contributed by atoms with Crippen LogP contribution in [0.15, 0.2) is 0 Å². The molecule has 0 spiro atoms. The van der Waals surface area contributed by atoms with E-state index in [4.69, 9.17) is 10.6 Å². The molecule has 0 bridgehead atoms. The summed E-state index contributed by atoms with van der Waals surface area (Å²) in [6.45, 7) is 7.60. The van der Waals surface area contributed by atoms with E-state index in [1.807, 2.05) is 0 Å². The smallest absolute Gasteiger partial charge is 0.243 e. The fourth-order valence-corrected chi connectivity index (χ4v) is 2.79. The average molecular weight is 293 g/mol. The van der Waals surface area contributed by atoms with Gasteiger partial charge in [-0.2, -0.15) is 15.0 Å². The summed E-state index contributed by atoms with van der Waals surface area (Å²) < 4.78 is 5.66. The number of hydrogen-bond acceptors (Lipinski definition) is 8. The molecule has 3 rings (SSSR count). The lowest BCUT2D eigenvalue weighted by molar-refractivity contribution is 0.0337. The normalized spacial score (nSPS) is 26.2. The molecule has 3 heterocycles. The molecule has 0 aliphatic carbocycles. The van der Waals surface area contributed by atoms with Gasteiger partial charge in [-0.1, -0.05) is 0 Å². The molecule has 3 N–H and O–H groups in total. The summed E-state index contributed by atoms with van der Waals surface area (Å²) in [5, 5.41) is 0. The average Bonchev–Trinajstić information content (AvgIpc) is 3.03. The van der Waals surface area contributed by atoms with Gasteiger partial charge in [0.25, 0.3) is 0 Å². The molecule has 2 saturated heterocycles. The largest absolute Gasteiger partial charge is 0.375 e. The zero-order chi connectivity index (χ0) is 14.8. The van der Waals surface area contributed by atoms with Gasteiger partial charge in [0.2, 0.25) is 17.8 Å². The van der Waals surface area contributed by atoms with Crippen LogP contribution in [0.5, 0.6) is 0 Å². The van der Waals surface area contributed by atoms with Crippen molar-refractivity contribution in [1.82, 2.24) is 15.0 Å². The molecule has 2 unspecified atom stereocenters. The van der Waals surface area contributed by atoms with Crippen LogP contribution in [0.25, 0.3) is 0 Å². The molecule has 116 valence electrons. The molecule has 0 radical (unpaired) electrons. The maximum atomic E-state index is 5.66. The number of anilines is 3. The number of rotatable bonds is 3. The topological polar surface area (TPSA) is 92.4 Å². The minimum Gasteiger partial charge on any atom is -0.375 e. The Labute approximate surface area is 124 Å². The van der Waals surface area contributed by atoms with Crippen LogP contribution >= 0.6 is 0 Å². The highest BCUT2D eigenvalue weighted by Gasteiger charge is 2.27. The molecule has 2 atom stereocenters. The summed E-state index contributed by atoms with van der Waals surface area (Å²) in [5.74, 6) is 7.30. The molecule has 2 fully saturated rings. The van der Waals surface area contributed by atoms with Gasteiger partial charge in [0.1, 0.15) is 0 Å². The molecule has 21 heavy (non-hydrogen) atoms. The van der Waals surface area contributed by atoms with E-state index in [0.29, 0.717) is 24.5 Å². The number of aromatic nitrogens is 3. The Kier molecular flexibility index (Phi) is 4.07. The first-order chi connectivity index (χ1) is 10.2. The van der Waals surface area contributed by atoms with Gasteiger partial charge in [-0.05, 0) is 26.7 Å². The van der Waals surface area contributed by atoms with Crippen molar-refractivity contribution >= 4 is 17.8 Å². The van der Waals surface area contributed by atoms with Crippen molar-refractivity contribution in [3.05, 3.63) is 0 Å². The Balaban J connectivity index is 1.91.